The lowest BCUT2D eigenvalue weighted by Gasteiger charge is -2.46. The first kappa shape index (κ1) is 19.8. The average Bonchev–Trinajstić information content (AvgIpc) is 2.82. The van der Waals surface area contributed by atoms with Gasteiger partial charge in [0.05, 0.1) is 12.0 Å². The molecule has 3 heterocycles. The first-order valence-corrected chi connectivity index (χ1v) is 11.1. The van der Waals surface area contributed by atoms with E-state index in [1.165, 1.54) is 11.1 Å². The summed E-state index contributed by atoms with van der Waals surface area (Å²) >= 11 is 0. The van der Waals surface area contributed by atoms with Crippen LogP contribution in [0.25, 0.3) is 0 Å². The zero-order valence-electron chi connectivity index (χ0n) is 17.7. The molecule has 0 N–H and O–H groups in total. The minimum Gasteiger partial charge on any atom is -0.353 e. The van der Waals surface area contributed by atoms with Gasteiger partial charge in [-0.3, -0.25) is 9.69 Å². The Morgan fingerprint density at radius 2 is 1.35 bits per heavy atom. The summed E-state index contributed by atoms with van der Waals surface area (Å²) in [7, 11) is 0. The summed E-state index contributed by atoms with van der Waals surface area (Å²) < 4.78 is 0. The Morgan fingerprint density at radius 3 is 1.90 bits per heavy atom. The number of benzene rings is 2. The molecule has 2 aromatic carbocycles. The van der Waals surface area contributed by atoms with Gasteiger partial charge in [-0.25, -0.2) is 4.98 Å². The summed E-state index contributed by atoms with van der Waals surface area (Å²) in [6.07, 6.45) is 1.83. The summed E-state index contributed by atoms with van der Waals surface area (Å²) in [6, 6.07) is 27.4. The van der Waals surface area contributed by atoms with Crippen molar-refractivity contribution in [2.75, 3.05) is 44.2 Å². The van der Waals surface area contributed by atoms with Gasteiger partial charge in [-0.2, -0.15) is 0 Å². The minimum atomic E-state index is 0.0938. The lowest BCUT2D eigenvalue weighted by molar-refractivity contribution is -0.142. The molecule has 0 unspecified atom stereocenters. The van der Waals surface area contributed by atoms with E-state index in [1.54, 1.807) is 0 Å². The van der Waals surface area contributed by atoms with Crippen molar-refractivity contribution in [1.29, 1.82) is 0 Å². The van der Waals surface area contributed by atoms with Crippen molar-refractivity contribution in [1.82, 2.24) is 14.8 Å². The van der Waals surface area contributed by atoms with Crippen LogP contribution < -0.4 is 4.90 Å². The molecule has 5 heteroatoms. The lowest BCUT2D eigenvalue weighted by atomic mass is 9.89. The van der Waals surface area contributed by atoms with Crippen LogP contribution in [0.4, 0.5) is 5.82 Å². The van der Waals surface area contributed by atoms with Gasteiger partial charge < -0.3 is 9.80 Å². The zero-order chi connectivity index (χ0) is 21.0. The summed E-state index contributed by atoms with van der Waals surface area (Å²) in [6.45, 7) is 4.85. The highest BCUT2D eigenvalue weighted by molar-refractivity contribution is 5.80. The molecule has 0 spiro atoms. The van der Waals surface area contributed by atoms with E-state index in [2.05, 4.69) is 75.4 Å². The SMILES string of the molecule is O=C(C1CN(C(c2ccccc2)c2ccccc2)C1)N1CCN(c2ccccn2)CC1. The third-order valence-corrected chi connectivity index (χ3v) is 6.42. The molecule has 0 saturated carbocycles. The van der Waals surface area contributed by atoms with E-state index in [0.717, 1.165) is 45.1 Å². The van der Waals surface area contributed by atoms with Crippen LogP contribution in [0.5, 0.6) is 0 Å². The number of nitrogens with zero attached hydrogens (tertiary/aromatic N) is 4. The largest absolute Gasteiger partial charge is 0.353 e. The quantitative estimate of drug-likeness (QED) is 0.644. The number of rotatable bonds is 5. The predicted octanol–water partition coefficient (Wildman–Crippen LogP) is 3.45. The third-order valence-electron chi connectivity index (χ3n) is 6.42. The Labute approximate surface area is 183 Å². The van der Waals surface area contributed by atoms with Crippen molar-refractivity contribution in [2.24, 2.45) is 5.92 Å². The molecule has 5 nitrogen and oxygen atoms in total. The molecule has 0 atom stereocenters. The van der Waals surface area contributed by atoms with Crippen molar-refractivity contribution < 1.29 is 4.79 Å². The first-order chi connectivity index (χ1) is 15.3. The highest BCUT2D eigenvalue weighted by atomic mass is 16.2. The summed E-state index contributed by atoms with van der Waals surface area (Å²) in [5.41, 5.74) is 2.56. The van der Waals surface area contributed by atoms with Crippen LogP contribution in [0.3, 0.4) is 0 Å². The average molecular weight is 413 g/mol. The highest BCUT2D eigenvalue weighted by Gasteiger charge is 2.40. The van der Waals surface area contributed by atoms with E-state index < -0.39 is 0 Å². The van der Waals surface area contributed by atoms with Gasteiger partial charge in [0.25, 0.3) is 0 Å². The second-order valence-corrected chi connectivity index (χ2v) is 8.38. The monoisotopic (exact) mass is 412 g/mol. The molecule has 31 heavy (non-hydrogen) atoms. The van der Waals surface area contributed by atoms with E-state index in [-0.39, 0.29) is 12.0 Å². The van der Waals surface area contributed by atoms with Crippen LogP contribution >= 0.6 is 0 Å². The molecule has 0 aliphatic carbocycles. The minimum absolute atomic E-state index is 0.0938. The van der Waals surface area contributed by atoms with Crippen molar-refractivity contribution in [3.63, 3.8) is 0 Å². The number of piperazine rings is 1. The Bertz CT molecular complexity index is 942. The fourth-order valence-corrected chi connectivity index (χ4v) is 4.72. The zero-order valence-corrected chi connectivity index (χ0v) is 17.7. The molecular formula is C26H28N4O. The first-order valence-electron chi connectivity index (χ1n) is 11.1. The fourth-order valence-electron chi connectivity index (χ4n) is 4.72. The standard InChI is InChI=1S/C26H28N4O/c31-26(29-17-15-28(16-18-29)24-13-7-8-14-27-24)23-19-30(20-23)25(21-9-3-1-4-10-21)22-11-5-2-6-12-22/h1-14,23,25H,15-20H2. The van der Waals surface area contributed by atoms with Crippen LogP contribution in [0.15, 0.2) is 85.1 Å². The molecule has 0 bridgehead atoms. The number of carbonyl (C=O) groups is 1. The second-order valence-electron chi connectivity index (χ2n) is 8.38. The van der Waals surface area contributed by atoms with E-state index in [0.29, 0.717) is 5.91 Å². The van der Waals surface area contributed by atoms with Gasteiger partial charge in [-0.1, -0.05) is 66.7 Å². The van der Waals surface area contributed by atoms with E-state index in [9.17, 15) is 4.79 Å². The smallest absolute Gasteiger partial charge is 0.228 e. The maximum absolute atomic E-state index is 13.1. The van der Waals surface area contributed by atoms with Crippen LogP contribution in [0.2, 0.25) is 0 Å². The number of hydrogen-bond acceptors (Lipinski definition) is 4. The number of amides is 1. The molecule has 0 radical (unpaired) electrons. The molecular weight excluding hydrogens is 384 g/mol. The van der Waals surface area contributed by atoms with E-state index >= 15 is 0 Å². The number of hydrogen-bond donors (Lipinski definition) is 0. The number of likely N-dealkylation sites (tertiary alicyclic amines) is 1. The number of aromatic nitrogens is 1. The molecule has 2 aliphatic rings. The Balaban J connectivity index is 1.21. The summed E-state index contributed by atoms with van der Waals surface area (Å²) in [5, 5.41) is 0. The maximum Gasteiger partial charge on any atom is 0.228 e. The van der Waals surface area contributed by atoms with Crippen LogP contribution in [-0.2, 0) is 4.79 Å². The fraction of sp³-hybridized carbons (Fsp3) is 0.308. The van der Waals surface area contributed by atoms with Crippen LogP contribution in [0.1, 0.15) is 17.2 Å². The van der Waals surface area contributed by atoms with Crippen LogP contribution in [0, 0.1) is 5.92 Å². The predicted molar refractivity (Wildman–Crippen MR) is 123 cm³/mol. The van der Waals surface area contributed by atoms with Gasteiger partial charge in [0.15, 0.2) is 0 Å². The highest BCUT2D eigenvalue weighted by Crippen LogP contribution is 2.35. The van der Waals surface area contributed by atoms with Gasteiger partial charge in [-0.05, 0) is 23.3 Å². The molecule has 2 saturated heterocycles. The number of anilines is 1. The van der Waals surface area contributed by atoms with E-state index in [1.807, 2.05) is 29.3 Å². The van der Waals surface area contributed by atoms with Crippen LogP contribution in [-0.4, -0.2) is 60.0 Å². The molecule has 5 rings (SSSR count). The van der Waals surface area contributed by atoms with Crippen molar-refractivity contribution in [2.45, 2.75) is 6.04 Å². The van der Waals surface area contributed by atoms with E-state index in [4.69, 9.17) is 0 Å². The molecule has 2 fully saturated rings. The van der Waals surface area contributed by atoms with Gasteiger partial charge in [0, 0.05) is 45.5 Å². The van der Waals surface area contributed by atoms with Gasteiger partial charge >= 0.3 is 0 Å². The van der Waals surface area contributed by atoms with Gasteiger partial charge in [0.2, 0.25) is 5.91 Å². The Morgan fingerprint density at radius 1 is 0.774 bits per heavy atom. The number of pyridine rings is 1. The van der Waals surface area contributed by atoms with Crippen molar-refractivity contribution in [3.05, 3.63) is 96.2 Å². The summed E-state index contributed by atoms with van der Waals surface area (Å²) in [5.74, 6) is 1.39. The normalized spacial score (nSPS) is 17.6. The third kappa shape index (κ3) is 4.19. The number of carbonyl (C=O) groups excluding carboxylic acids is 1. The summed E-state index contributed by atoms with van der Waals surface area (Å²) in [4.78, 5) is 24.3. The maximum atomic E-state index is 13.1. The molecule has 3 aromatic rings. The molecule has 2 aliphatic heterocycles. The van der Waals surface area contributed by atoms with Gasteiger partial charge in [0.1, 0.15) is 5.82 Å². The molecule has 1 amide bonds. The Kier molecular flexibility index (Phi) is 5.67. The topological polar surface area (TPSA) is 39.7 Å². The molecule has 158 valence electrons. The second kappa shape index (κ2) is 8.90. The molecule has 1 aromatic heterocycles. The van der Waals surface area contributed by atoms with Gasteiger partial charge in [-0.15, -0.1) is 0 Å². The lowest BCUT2D eigenvalue weighted by Crippen LogP contribution is -2.58. The Hall–Kier alpha value is -3.18. The van der Waals surface area contributed by atoms with Crippen molar-refractivity contribution >= 4 is 11.7 Å². The van der Waals surface area contributed by atoms with Crippen molar-refractivity contribution in [3.8, 4) is 0 Å².